The fourth-order valence-electron chi connectivity index (χ4n) is 1.78. The first-order valence-corrected chi connectivity index (χ1v) is 7.61. The average Bonchev–Trinajstić information content (AvgIpc) is 2.84. The molecule has 2 N–H and O–H groups in total. The van der Waals surface area contributed by atoms with Gasteiger partial charge in [-0.05, 0) is 42.3 Å². The van der Waals surface area contributed by atoms with Crippen molar-refractivity contribution in [1.29, 1.82) is 0 Å². The lowest BCUT2D eigenvalue weighted by Gasteiger charge is -2.17. The molecule has 0 aliphatic rings. The quantitative estimate of drug-likeness (QED) is 0.868. The average molecular weight is 316 g/mol. The van der Waals surface area contributed by atoms with Gasteiger partial charge in [0, 0.05) is 16.4 Å². The summed E-state index contributed by atoms with van der Waals surface area (Å²) in [6.45, 7) is 2.46. The molecule has 2 rings (SSSR count). The Labute approximate surface area is 127 Å². The maximum absolute atomic E-state index is 6.09. The van der Waals surface area contributed by atoms with Gasteiger partial charge in [0.1, 0.15) is 11.9 Å². The summed E-state index contributed by atoms with van der Waals surface area (Å²) in [6.07, 6.45) is 0.692. The lowest BCUT2D eigenvalue weighted by Crippen LogP contribution is -2.17. The molecule has 1 atom stereocenters. The van der Waals surface area contributed by atoms with Crippen molar-refractivity contribution in [1.82, 2.24) is 0 Å². The molecule has 2 aromatic rings. The van der Waals surface area contributed by atoms with Crippen LogP contribution in [-0.4, -0.2) is 6.54 Å². The van der Waals surface area contributed by atoms with Crippen molar-refractivity contribution in [2.45, 2.75) is 19.4 Å². The van der Waals surface area contributed by atoms with Crippen LogP contribution in [0, 0.1) is 0 Å². The molecule has 0 spiro atoms. The molecule has 0 amide bonds. The summed E-state index contributed by atoms with van der Waals surface area (Å²) in [4.78, 5) is 1.03. The fraction of sp³-hybridized carbons (Fsp3) is 0.286. The number of aryl methyl sites for hydroxylation is 1. The van der Waals surface area contributed by atoms with Crippen LogP contribution >= 0.6 is 34.5 Å². The van der Waals surface area contributed by atoms with Gasteiger partial charge in [0.05, 0.1) is 4.34 Å². The van der Waals surface area contributed by atoms with E-state index in [2.05, 4.69) is 6.92 Å². The summed E-state index contributed by atoms with van der Waals surface area (Å²) >= 11 is 13.5. The molecule has 1 heterocycles. The molecule has 1 aromatic heterocycles. The molecule has 1 aromatic carbocycles. The molecule has 5 heteroatoms. The van der Waals surface area contributed by atoms with E-state index in [9.17, 15) is 0 Å². The zero-order valence-corrected chi connectivity index (χ0v) is 12.9. The van der Waals surface area contributed by atoms with Crippen molar-refractivity contribution < 1.29 is 4.74 Å². The summed E-state index contributed by atoms with van der Waals surface area (Å²) in [5, 5.41) is 0.762. The third-order valence-electron chi connectivity index (χ3n) is 2.80. The van der Waals surface area contributed by atoms with Gasteiger partial charge in [-0.25, -0.2) is 0 Å². The van der Waals surface area contributed by atoms with Crippen LogP contribution in [-0.2, 0) is 6.42 Å². The van der Waals surface area contributed by atoms with Crippen molar-refractivity contribution in [3.8, 4) is 5.75 Å². The van der Waals surface area contributed by atoms with E-state index in [1.807, 2.05) is 30.3 Å². The van der Waals surface area contributed by atoms with E-state index < -0.39 is 0 Å². The second-order valence-corrected chi connectivity index (χ2v) is 6.24. The highest BCUT2D eigenvalue weighted by Gasteiger charge is 2.14. The fourth-order valence-corrected chi connectivity index (χ4v) is 3.14. The first-order chi connectivity index (χ1) is 9.13. The summed E-state index contributed by atoms with van der Waals surface area (Å²) in [5.74, 6) is 0.779. The highest BCUT2D eigenvalue weighted by molar-refractivity contribution is 7.16. The Kier molecular flexibility index (Phi) is 5.11. The van der Waals surface area contributed by atoms with Gasteiger partial charge in [-0.3, -0.25) is 0 Å². The third kappa shape index (κ3) is 3.63. The summed E-state index contributed by atoms with van der Waals surface area (Å²) in [5.41, 5.74) is 6.84. The van der Waals surface area contributed by atoms with Gasteiger partial charge < -0.3 is 10.5 Å². The van der Waals surface area contributed by atoms with E-state index in [1.165, 1.54) is 11.3 Å². The van der Waals surface area contributed by atoms with Crippen LogP contribution in [0.2, 0.25) is 9.36 Å². The zero-order chi connectivity index (χ0) is 13.8. The number of thiophene rings is 1. The van der Waals surface area contributed by atoms with E-state index >= 15 is 0 Å². The van der Waals surface area contributed by atoms with Gasteiger partial charge in [-0.2, -0.15) is 0 Å². The van der Waals surface area contributed by atoms with Gasteiger partial charge >= 0.3 is 0 Å². The topological polar surface area (TPSA) is 35.2 Å². The first kappa shape index (κ1) is 14.7. The molecule has 0 aliphatic heterocycles. The Morgan fingerprint density at radius 3 is 2.63 bits per heavy atom. The maximum atomic E-state index is 6.09. The standard InChI is InChI=1S/C14H15Cl2NOS/c1-2-9-7-10(3-4-11(9)15)18-12(8-17)13-5-6-14(16)19-13/h3-7,12H,2,8,17H2,1H3. The minimum Gasteiger partial charge on any atom is -0.484 e. The highest BCUT2D eigenvalue weighted by atomic mass is 35.5. The van der Waals surface area contributed by atoms with Gasteiger partial charge in [0.2, 0.25) is 0 Å². The van der Waals surface area contributed by atoms with Crippen molar-refractivity contribution >= 4 is 34.5 Å². The van der Waals surface area contributed by atoms with Crippen LogP contribution in [0.4, 0.5) is 0 Å². The SMILES string of the molecule is CCc1cc(OC(CN)c2ccc(Cl)s2)ccc1Cl. The Morgan fingerprint density at radius 1 is 1.26 bits per heavy atom. The predicted molar refractivity (Wildman–Crippen MR) is 82.6 cm³/mol. The van der Waals surface area contributed by atoms with Crippen LogP contribution in [0.3, 0.4) is 0 Å². The third-order valence-corrected chi connectivity index (χ3v) is 4.49. The van der Waals surface area contributed by atoms with Crippen molar-refractivity contribution in [2.24, 2.45) is 5.73 Å². The number of ether oxygens (including phenoxy) is 1. The van der Waals surface area contributed by atoms with Crippen molar-refractivity contribution in [2.75, 3.05) is 6.54 Å². The van der Waals surface area contributed by atoms with E-state index in [4.69, 9.17) is 33.7 Å². The van der Waals surface area contributed by atoms with E-state index in [0.717, 1.165) is 32.0 Å². The van der Waals surface area contributed by atoms with Gasteiger partial charge in [0.25, 0.3) is 0 Å². The number of halogens is 2. The Morgan fingerprint density at radius 2 is 2.05 bits per heavy atom. The van der Waals surface area contributed by atoms with Gasteiger partial charge in [0.15, 0.2) is 0 Å². The number of nitrogens with two attached hydrogens (primary N) is 1. The van der Waals surface area contributed by atoms with Crippen molar-refractivity contribution in [3.63, 3.8) is 0 Å². The Hall–Kier alpha value is -0.740. The molecule has 2 nitrogen and oxygen atoms in total. The second-order valence-electron chi connectivity index (χ2n) is 4.09. The molecule has 0 saturated carbocycles. The van der Waals surface area contributed by atoms with Crippen LogP contribution in [0.1, 0.15) is 23.5 Å². The van der Waals surface area contributed by atoms with Crippen LogP contribution in [0.5, 0.6) is 5.75 Å². The summed E-state index contributed by atoms with van der Waals surface area (Å²) in [6, 6.07) is 9.47. The number of hydrogen-bond donors (Lipinski definition) is 1. The Bertz CT molecular complexity index is 556. The molecule has 1 unspecified atom stereocenters. The number of rotatable bonds is 5. The van der Waals surface area contributed by atoms with E-state index in [-0.39, 0.29) is 6.10 Å². The smallest absolute Gasteiger partial charge is 0.145 e. The van der Waals surface area contributed by atoms with Gasteiger partial charge in [-0.15, -0.1) is 11.3 Å². The summed E-state index contributed by atoms with van der Waals surface area (Å²) in [7, 11) is 0. The van der Waals surface area contributed by atoms with E-state index in [1.54, 1.807) is 0 Å². The normalized spacial score (nSPS) is 12.4. The number of benzene rings is 1. The number of hydrogen-bond acceptors (Lipinski definition) is 3. The van der Waals surface area contributed by atoms with Crippen LogP contribution < -0.4 is 10.5 Å². The molecule has 102 valence electrons. The lowest BCUT2D eigenvalue weighted by atomic mass is 10.1. The highest BCUT2D eigenvalue weighted by Crippen LogP contribution is 2.31. The van der Waals surface area contributed by atoms with Gasteiger partial charge in [-0.1, -0.05) is 30.1 Å². The first-order valence-electron chi connectivity index (χ1n) is 6.04. The predicted octanol–water partition coefficient (Wildman–Crippen LogP) is 4.70. The molecular formula is C14H15Cl2NOS. The molecule has 0 radical (unpaired) electrons. The molecule has 19 heavy (non-hydrogen) atoms. The van der Waals surface area contributed by atoms with Crippen LogP contribution in [0.25, 0.3) is 0 Å². The minimum absolute atomic E-state index is 0.177. The monoisotopic (exact) mass is 315 g/mol. The molecule has 0 fully saturated rings. The lowest BCUT2D eigenvalue weighted by molar-refractivity contribution is 0.218. The van der Waals surface area contributed by atoms with Crippen LogP contribution in [0.15, 0.2) is 30.3 Å². The summed E-state index contributed by atoms with van der Waals surface area (Å²) < 4.78 is 6.67. The van der Waals surface area contributed by atoms with E-state index in [0.29, 0.717) is 6.54 Å². The molecular weight excluding hydrogens is 301 g/mol. The maximum Gasteiger partial charge on any atom is 0.145 e. The minimum atomic E-state index is -0.177. The zero-order valence-electron chi connectivity index (χ0n) is 10.5. The largest absolute Gasteiger partial charge is 0.484 e. The van der Waals surface area contributed by atoms with Crippen molar-refractivity contribution in [3.05, 3.63) is 50.1 Å². The molecule has 0 aliphatic carbocycles. The molecule has 0 saturated heterocycles. The molecule has 0 bridgehead atoms. The Balaban J connectivity index is 2.18. The second kappa shape index (κ2) is 6.62.